The number of sulfonamides is 1. The Kier molecular flexibility index (Phi) is 45.5. The molecule has 1 aromatic heterocycles. The molecule has 1 saturated heterocycles. The maximum absolute atomic E-state index is 13.5. The van der Waals surface area contributed by atoms with E-state index in [4.69, 9.17) is 86.8 Å². The number of aryl methyl sites for hydroxylation is 2. The van der Waals surface area contributed by atoms with E-state index in [-0.39, 0.29) is 96.6 Å². The van der Waals surface area contributed by atoms with E-state index in [0.717, 1.165) is 72.3 Å². The summed E-state index contributed by atoms with van der Waals surface area (Å²) in [6.45, 7) is 15.5. The first-order chi connectivity index (χ1) is 70.0. The third kappa shape index (κ3) is 40.1. The van der Waals surface area contributed by atoms with E-state index in [1.807, 2.05) is 135 Å². The second-order valence-electron chi connectivity index (χ2n) is 34.7. The fourth-order valence-corrected chi connectivity index (χ4v) is 16.8. The largest absolute Gasteiger partial charge is 0.493 e. The minimum atomic E-state index is -3.90. The number of aromatic nitrogens is 1. The number of carbonyl (C=O) groups is 9. The molecule has 0 aliphatic carbocycles. The van der Waals surface area contributed by atoms with Crippen molar-refractivity contribution in [3.8, 4) is 17.2 Å². The first-order valence-electron chi connectivity index (χ1n) is 47.0. The van der Waals surface area contributed by atoms with E-state index in [1.165, 1.54) is 37.7 Å². The smallest absolute Gasteiger partial charge is 0.343 e. The number of esters is 1. The van der Waals surface area contributed by atoms with Crippen LogP contribution in [0.4, 0.5) is 5.69 Å². The summed E-state index contributed by atoms with van der Waals surface area (Å²) in [5.41, 5.74) is 49.2. The molecule has 0 unspecified atom stereocenters. The molecule has 1 aliphatic rings. The number of nitrogens with two attached hydrogens (primary N) is 7. The minimum Gasteiger partial charge on any atom is -0.493 e. The number of hydrogen-bond acceptors (Lipinski definition) is 24. The molecule has 24 N–H and O–H groups in total. The molecule has 11 aromatic carbocycles. The van der Waals surface area contributed by atoms with E-state index < -0.39 is 63.5 Å². The number of carbonyl (C=O) groups excluding carboxylic acids is 9. The van der Waals surface area contributed by atoms with Gasteiger partial charge in [-0.3, -0.25) is 60.2 Å². The topological polar surface area (TPSA) is 630 Å². The van der Waals surface area contributed by atoms with Crippen LogP contribution in [-0.4, -0.2) is 168 Å². The van der Waals surface area contributed by atoms with Gasteiger partial charge in [0.1, 0.15) is 64.5 Å². The molecule has 768 valence electrons. The normalized spacial score (nSPS) is 12.9. The molecule has 1 aliphatic heterocycles. The van der Waals surface area contributed by atoms with Crippen molar-refractivity contribution >= 4 is 147 Å². The summed E-state index contributed by atoms with van der Waals surface area (Å²) < 4.78 is 46.2. The van der Waals surface area contributed by atoms with Crippen molar-refractivity contribution in [2.45, 2.75) is 150 Å². The number of amides is 4. The molecule has 2 heterocycles. The van der Waals surface area contributed by atoms with Crippen LogP contribution in [0.3, 0.4) is 0 Å². The zero-order chi connectivity index (χ0) is 107. The van der Waals surface area contributed by atoms with Gasteiger partial charge in [0.25, 0.3) is 0 Å². The average Bonchev–Trinajstić information content (AvgIpc) is 1.19. The van der Waals surface area contributed by atoms with Crippen LogP contribution in [-0.2, 0) is 68.7 Å². The number of ether oxygens (including phenoxy) is 3. The number of hydrogen-bond donors (Lipinski definition) is 17. The highest BCUT2D eigenvalue weighted by Crippen LogP contribution is 2.29. The molecule has 1 fully saturated rings. The monoisotopic (exact) mass is 2030 g/mol. The van der Waals surface area contributed by atoms with Crippen LogP contribution < -0.4 is 75.0 Å². The van der Waals surface area contributed by atoms with Gasteiger partial charge in [0.05, 0.1) is 52.3 Å². The third-order valence-electron chi connectivity index (χ3n) is 22.4. The van der Waals surface area contributed by atoms with Gasteiger partial charge in [0, 0.05) is 86.4 Å². The number of ketones is 4. The molecule has 0 saturated carbocycles. The molecule has 0 radical (unpaired) electrons. The van der Waals surface area contributed by atoms with Crippen molar-refractivity contribution in [1.82, 2.24) is 30.6 Å². The Labute approximate surface area is 858 Å². The molecule has 37 heteroatoms. The van der Waals surface area contributed by atoms with E-state index >= 15 is 0 Å². The van der Waals surface area contributed by atoms with Crippen molar-refractivity contribution in [2.75, 3.05) is 26.3 Å². The lowest BCUT2D eigenvalue weighted by atomic mass is 10.0. The number of nitrogens with zero attached hydrogens (tertiary/aromatic N) is 4. The maximum atomic E-state index is 13.5. The number of thiazole rings is 1. The van der Waals surface area contributed by atoms with E-state index in [2.05, 4.69) is 35.6 Å². The summed E-state index contributed by atoms with van der Waals surface area (Å²) >= 11 is 1.30. The second kappa shape index (κ2) is 58.0. The van der Waals surface area contributed by atoms with Crippen LogP contribution in [0.15, 0.2) is 277 Å². The number of nitrogen functional groups attached to an aromatic ring is 4. The van der Waals surface area contributed by atoms with E-state index in [9.17, 15) is 51.6 Å². The Bertz CT molecular complexity index is 6690. The Morgan fingerprint density at radius 1 is 0.503 bits per heavy atom. The van der Waals surface area contributed by atoms with Gasteiger partial charge >= 0.3 is 5.97 Å². The van der Waals surface area contributed by atoms with E-state index in [1.54, 1.807) is 171 Å². The first-order valence-corrected chi connectivity index (χ1v) is 49.5. The number of guanidine groups is 1. The number of amidine groups is 5. The van der Waals surface area contributed by atoms with Gasteiger partial charge in [-0.05, 0) is 226 Å². The van der Waals surface area contributed by atoms with Gasteiger partial charge in [-0.25, -0.2) is 27.9 Å². The van der Waals surface area contributed by atoms with Gasteiger partial charge in [0.15, 0.2) is 16.8 Å². The third-order valence-corrected chi connectivity index (χ3v) is 24.8. The minimum absolute atomic E-state index is 0.0139. The van der Waals surface area contributed by atoms with Crippen molar-refractivity contribution in [2.24, 2.45) is 56.0 Å². The van der Waals surface area contributed by atoms with Crippen molar-refractivity contribution < 1.29 is 65.8 Å². The predicted octanol–water partition coefficient (Wildman–Crippen LogP) is 13.4. The van der Waals surface area contributed by atoms with Gasteiger partial charge < -0.3 is 90.8 Å². The number of aliphatic imine (C=N–C) groups is 2. The van der Waals surface area contributed by atoms with Crippen molar-refractivity contribution in [3.05, 3.63) is 339 Å². The van der Waals surface area contributed by atoms with Crippen LogP contribution in [0.2, 0.25) is 0 Å². The standard InChI is InChI=1S/C32H38N4O5S.C21H28N6O3S.C20H18N4O2.C18H21N3O2.C11H12N2O2.C8H10N2/c1-23(37)13-19-29(31(38)34-21-26-14-17-28(18-15-26)24(2)33)35-32(39)30(20-16-25-9-5-3-6-10-25)36-42(40,41)22-27-11-7-4-8-12-27;1-12-10-16(27(11-12)13(2)28)19(30)25-15(7-5-9-24-21(22)23)18(29)20-26-14-6-3-4-8-17(14)31-20;1-12(21)24-17-7-4-13(5-8-17)20(25)26-18-9-6-14-10-16(19(22)23)3-2-15(14)11-18;1-13(19)14-3-7-16(8-4-14)22-11-2-12-23-17-9-5-15(6-10-17)18(20)21;1-7(14)10(15)6-8-2-4-9(5-3-8)11(12)13;1-6-2-4-7(5-3-6)8(9)10/h3-12,14-15,17-18,29-30,33,36H,13,16,19-22H2,1-2H3,(H,34,38)(H,35,39);3-4,6,8,12,15-16H,5,7,9-11H2,1-2H3,(H,25,30)(H4,22,23,24);2-11H,1H3,(H2,21,24)(H3,22,23);3-10,19H,2,11-12H2,1H3,(H3,20,21);2-5H,6H2,1H3,(H3,12,13);2-5H,1H3,(H3,9,10)/t29-,30+;12-,15+,16+;;;;/m01..../s1. The maximum Gasteiger partial charge on any atom is 0.343 e. The molecule has 35 nitrogen and oxygen atoms in total. The molecule has 5 atom stereocenters. The summed E-state index contributed by atoms with van der Waals surface area (Å²) in [5.74, 6) is -0.764. The number of benzene rings is 11. The summed E-state index contributed by atoms with van der Waals surface area (Å²) in [4.78, 5) is 125. The van der Waals surface area contributed by atoms with Gasteiger partial charge in [-0.15, -0.1) is 11.3 Å². The lowest BCUT2D eigenvalue weighted by molar-refractivity contribution is -0.137. The van der Waals surface area contributed by atoms with Crippen LogP contribution in [0.5, 0.6) is 17.2 Å². The number of para-hydroxylation sites is 1. The highest BCUT2D eigenvalue weighted by molar-refractivity contribution is 7.88. The number of likely N-dealkylation sites (tertiary alicyclic amines) is 1. The summed E-state index contributed by atoms with van der Waals surface area (Å²) in [5, 5.41) is 54.8. The Morgan fingerprint density at radius 2 is 1.00 bits per heavy atom. The lowest BCUT2D eigenvalue weighted by Crippen LogP contribution is -2.54. The molecular weight excluding hydrogens is 1900 g/mol. The lowest BCUT2D eigenvalue weighted by Gasteiger charge is -2.25. The Hall–Kier alpha value is -16.9. The van der Waals surface area contributed by atoms with Gasteiger partial charge in [-0.2, -0.15) is 0 Å². The van der Waals surface area contributed by atoms with Crippen LogP contribution in [0, 0.1) is 45.3 Å². The quantitative estimate of drug-likeness (QED) is 0.00322. The number of rotatable bonds is 41. The zero-order valence-electron chi connectivity index (χ0n) is 83.3. The van der Waals surface area contributed by atoms with Gasteiger partial charge in [0.2, 0.25) is 45.2 Å². The first kappa shape index (κ1) is 115. The molecule has 147 heavy (non-hydrogen) atoms. The van der Waals surface area contributed by atoms with Crippen molar-refractivity contribution in [3.63, 3.8) is 0 Å². The number of fused-ring (bicyclic) bond motifs is 2. The summed E-state index contributed by atoms with van der Waals surface area (Å²) in [7, 11) is -3.90. The van der Waals surface area contributed by atoms with Crippen LogP contribution in [0.1, 0.15) is 175 Å². The predicted molar refractivity (Wildman–Crippen MR) is 579 cm³/mol. The fourth-order valence-electron chi connectivity index (χ4n) is 14.4. The van der Waals surface area contributed by atoms with E-state index in [0.29, 0.717) is 114 Å². The Balaban J connectivity index is 0.000000225. The molecule has 12 aromatic rings. The molecule has 13 rings (SSSR count). The zero-order valence-corrected chi connectivity index (χ0v) is 84.9. The number of nitrogens with one attached hydrogen (secondary N) is 10. The second-order valence-corrected chi connectivity index (χ2v) is 37.5. The van der Waals surface area contributed by atoms with Crippen LogP contribution >= 0.6 is 11.3 Å². The molecular formula is C110H127N21O14S2. The van der Waals surface area contributed by atoms with Gasteiger partial charge in [-0.1, -0.05) is 176 Å². The number of Topliss-reactive ketones (excluding diaryl/α,β-unsaturated/α-hetero) is 4. The van der Waals surface area contributed by atoms with Crippen LogP contribution in [0.25, 0.3) is 21.0 Å². The molecule has 0 spiro atoms. The molecule has 4 amide bonds. The summed E-state index contributed by atoms with van der Waals surface area (Å²) in [6.07, 6.45) is 3.05. The van der Waals surface area contributed by atoms with Crippen molar-refractivity contribution in [1.29, 1.82) is 32.5 Å². The summed E-state index contributed by atoms with van der Waals surface area (Å²) in [6, 6.07) is 75.6. The Morgan fingerprint density at radius 3 is 1.53 bits per heavy atom. The average molecular weight is 2030 g/mol. The highest BCUT2D eigenvalue weighted by Gasteiger charge is 2.39. The highest BCUT2D eigenvalue weighted by atomic mass is 32.2. The fraction of sp³-hybridized carbons (Fsp3) is 0.255. The molecule has 0 bridgehead atoms. The SMILES string of the molecule is CC(=N)c1ccc(CNC(=O)[C@H](CCC(C)=O)NC(=O)[C@@H](CCc2ccccc2)NS(=O)(=O)Cc2ccccc2)cc1.CC(=N)c1ccc(OCCCOc2ccc(C(=N)N)cc2)cc1.CC(=O)C(=O)Cc1ccc(C(=N)N)cc1.CC(=O)N1C[C@H](C)C[C@H]1C(=O)N[C@@H](CCCN=C(N)N)C(=O)c1nc2ccccc2s1.CC(N)=Nc1ccc(C(=O)Oc2ccc3cc(C(=N)N)ccc3c2)cc1.Cc1ccc(C(=N)N)cc1.